The molecule has 0 spiro atoms. The fraction of sp³-hybridized carbons (Fsp3) is 0.286. The van der Waals surface area contributed by atoms with Gasteiger partial charge in [-0.3, -0.25) is 0 Å². The zero-order valence-corrected chi connectivity index (χ0v) is 10.8. The normalized spacial score (nSPS) is 11.4. The van der Waals surface area contributed by atoms with Gasteiger partial charge >= 0.3 is 0 Å². The third-order valence-corrected chi connectivity index (χ3v) is 3.11. The van der Waals surface area contributed by atoms with Crippen molar-refractivity contribution in [3.8, 4) is 10.4 Å². The van der Waals surface area contributed by atoms with E-state index in [1.165, 1.54) is 16.1 Å². The van der Waals surface area contributed by atoms with Crippen molar-refractivity contribution in [2.45, 2.75) is 26.3 Å². The number of rotatable bonds is 2. The van der Waals surface area contributed by atoms with E-state index in [9.17, 15) is 0 Å². The molecule has 1 aromatic heterocycles. The summed E-state index contributed by atoms with van der Waals surface area (Å²) >= 11 is 1.77. The average molecular weight is 231 g/mol. The number of thiophene rings is 1. The van der Waals surface area contributed by atoms with Crippen LogP contribution in [0.1, 0.15) is 20.8 Å². The molecule has 0 atom stereocenters. The highest BCUT2D eigenvalue weighted by atomic mass is 32.1. The van der Waals surface area contributed by atoms with Gasteiger partial charge in [-0.25, -0.2) is 0 Å². The summed E-state index contributed by atoms with van der Waals surface area (Å²) in [5, 5.41) is 5.60. The van der Waals surface area contributed by atoms with Crippen molar-refractivity contribution in [1.82, 2.24) is 0 Å². The maximum atomic E-state index is 3.49. The van der Waals surface area contributed by atoms with E-state index in [0.29, 0.717) is 0 Å². The van der Waals surface area contributed by atoms with Gasteiger partial charge in [-0.15, -0.1) is 11.3 Å². The molecule has 0 radical (unpaired) electrons. The van der Waals surface area contributed by atoms with Gasteiger partial charge in [0.2, 0.25) is 0 Å². The molecule has 0 aliphatic rings. The Morgan fingerprint density at radius 2 is 1.88 bits per heavy atom. The molecule has 16 heavy (non-hydrogen) atoms. The second-order valence-electron chi connectivity index (χ2n) is 4.93. The highest BCUT2D eigenvalue weighted by Gasteiger charge is 2.09. The first-order valence-electron chi connectivity index (χ1n) is 5.47. The molecule has 1 nitrogen and oxygen atoms in total. The summed E-state index contributed by atoms with van der Waals surface area (Å²) in [4.78, 5) is 1.32. The predicted octanol–water partition coefficient (Wildman–Crippen LogP) is 4.63. The van der Waals surface area contributed by atoms with E-state index >= 15 is 0 Å². The summed E-state index contributed by atoms with van der Waals surface area (Å²) in [5.41, 5.74) is 2.57. The van der Waals surface area contributed by atoms with Gasteiger partial charge in [0.25, 0.3) is 0 Å². The van der Waals surface area contributed by atoms with E-state index in [-0.39, 0.29) is 5.54 Å². The lowest BCUT2D eigenvalue weighted by Crippen LogP contribution is -2.25. The van der Waals surface area contributed by atoms with E-state index in [1.807, 2.05) is 0 Å². The quantitative estimate of drug-likeness (QED) is 0.795. The summed E-state index contributed by atoms with van der Waals surface area (Å²) in [6.45, 7) is 6.51. The lowest BCUT2D eigenvalue weighted by Gasteiger charge is -2.22. The first kappa shape index (κ1) is 11.2. The Kier molecular flexibility index (Phi) is 3.01. The van der Waals surface area contributed by atoms with Crippen molar-refractivity contribution in [3.05, 3.63) is 41.8 Å². The van der Waals surface area contributed by atoms with Crippen molar-refractivity contribution in [1.29, 1.82) is 0 Å². The Labute approximate surface area is 101 Å². The molecule has 2 aromatic rings. The first-order chi connectivity index (χ1) is 7.54. The monoisotopic (exact) mass is 231 g/mol. The van der Waals surface area contributed by atoms with Gasteiger partial charge in [0.05, 0.1) is 0 Å². The average Bonchev–Trinajstić information content (AvgIpc) is 2.68. The van der Waals surface area contributed by atoms with Gasteiger partial charge in [0.15, 0.2) is 0 Å². The SMILES string of the molecule is CC(C)(C)Nc1cccc(-c2cccs2)c1. The van der Waals surface area contributed by atoms with Crippen molar-refractivity contribution in [3.63, 3.8) is 0 Å². The molecule has 1 aromatic carbocycles. The van der Waals surface area contributed by atoms with Crippen LogP contribution in [0.4, 0.5) is 5.69 Å². The predicted molar refractivity (Wildman–Crippen MR) is 73.1 cm³/mol. The van der Waals surface area contributed by atoms with Crippen LogP contribution in [0.2, 0.25) is 0 Å². The number of hydrogen-bond acceptors (Lipinski definition) is 2. The smallest absolute Gasteiger partial charge is 0.0350 e. The minimum Gasteiger partial charge on any atom is -0.380 e. The van der Waals surface area contributed by atoms with Crippen LogP contribution in [0.25, 0.3) is 10.4 Å². The van der Waals surface area contributed by atoms with E-state index in [2.05, 4.69) is 67.9 Å². The molecule has 0 saturated carbocycles. The molecule has 84 valence electrons. The molecule has 0 aliphatic heterocycles. The molecule has 0 unspecified atom stereocenters. The van der Waals surface area contributed by atoms with Crippen LogP contribution in [0.15, 0.2) is 41.8 Å². The van der Waals surface area contributed by atoms with Crippen LogP contribution < -0.4 is 5.32 Å². The molecule has 1 heterocycles. The number of nitrogens with one attached hydrogen (secondary N) is 1. The van der Waals surface area contributed by atoms with Crippen molar-refractivity contribution in [2.24, 2.45) is 0 Å². The largest absolute Gasteiger partial charge is 0.380 e. The highest BCUT2D eigenvalue weighted by molar-refractivity contribution is 7.13. The fourth-order valence-electron chi connectivity index (χ4n) is 1.63. The third-order valence-electron chi connectivity index (χ3n) is 2.19. The van der Waals surface area contributed by atoms with Gasteiger partial charge in [0, 0.05) is 16.1 Å². The molecule has 2 heteroatoms. The van der Waals surface area contributed by atoms with Crippen LogP contribution in [-0.2, 0) is 0 Å². The zero-order chi connectivity index (χ0) is 11.6. The molecular formula is C14H17NS. The Hall–Kier alpha value is -1.28. The van der Waals surface area contributed by atoms with Gasteiger partial charge in [-0.2, -0.15) is 0 Å². The van der Waals surface area contributed by atoms with Crippen LogP contribution in [0.5, 0.6) is 0 Å². The van der Waals surface area contributed by atoms with E-state index < -0.39 is 0 Å². The van der Waals surface area contributed by atoms with Crippen LogP contribution in [0.3, 0.4) is 0 Å². The third kappa shape index (κ3) is 2.86. The summed E-state index contributed by atoms with van der Waals surface area (Å²) in [5.74, 6) is 0. The molecule has 2 rings (SSSR count). The molecule has 0 fully saturated rings. The van der Waals surface area contributed by atoms with Crippen molar-refractivity contribution >= 4 is 17.0 Å². The Bertz CT molecular complexity index is 452. The molecule has 0 bridgehead atoms. The van der Waals surface area contributed by atoms with Crippen molar-refractivity contribution < 1.29 is 0 Å². The molecule has 0 aliphatic carbocycles. The van der Waals surface area contributed by atoms with Gasteiger partial charge in [-0.1, -0.05) is 18.2 Å². The molecule has 1 N–H and O–H groups in total. The summed E-state index contributed by atoms with van der Waals surface area (Å²) in [6, 6.07) is 12.8. The molecule has 0 amide bonds. The lowest BCUT2D eigenvalue weighted by atomic mass is 10.1. The number of anilines is 1. The van der Waals surface area contributed by atoms with Gasteiger partial charge < -0.3 is 5.32 Å². The van der Waals surface area contributed by atoms with E-state index in [4.69, 9.17) is 0 Å². The van der Waals surface area contributed by atoms with Crippen LogP contribution in [0, 0.1) is 0 Å². The van der Waals surface area contributed by atoms with E-state index in [0.717, 1.165) is 0 Å². The minimum absolute atomic E-state index is 0.105. The molecular weight excluding hydrogens is 214 g/mol. The second kappa shape index (κ2) is 4.30. The maximum Gasteiger partial charge on any atom is 0.0350 e. The topological polar surface area (TPSA) is 12.0 Å². The summed E-state index contributed by atoms with van der Waals surface area (Å²) in [7, 11) is 0. The Morgan fingerprint density at radius 1 is 1.06 bits per heavy atom. The van der Waals surface area contributed by atoms with Gasteiger partial charge in [0.1, 0.15) is 0 Å². The summed E-state index contributed by atoms with van der Waals surface area (Å²) < 4.78 is 0. The number of benzene rings is 1. The molecule has 0 saturated heterocycles. The second-order valence-corrected chi connectivity index (χ2v) is 5.88. The van der Waals surface area contributed by atoms with Crippen LogP contribution >= 0.6 is 11.3 Å². The standard InChI is InChI=1S/C14H17NS/c1-14(2,3)15-12-7-4-6-11(10-12)13-8-5-9-16-13/h4-10,15H,1-3H3. The van der Waals surface area contributed by atoms with Crippen LogP contribution in [-0.4, -0.2) is 5.54 Å². The first-order valence-corrected chi connectivity index (χ1v) is 6.35. The summed E-state index contributed by atoms with van der Waals surface area (Å²) in [6.07, 6.45) is 0. The Balaban J connectivity index is 2.27. The lowest BCUT2D eigenvalue weighted by molar-refractivity contribution is 0.634. The number of hydrogen-bond donors (Lipinski definition) is 1. The fourth-order valence-corrected chi connectivity index (χ4v) is 2.35. The minimum atomic E-state index is 0.105. The van der Waals surface area contributed by atoms with E-state index in [1.54, 1.807) is 11.3 Å². The Morgan fingerprint density at radius 3 is 2.50 bits per heavy atom. The highest BCUT2D eigenvalue weighted by Crippen LogP contribution is 2.27. The van der Waals surface area contributed by atoms with Crippen molar-refractivity contribution in [2.75, 3.05) is 5.32 Å². The van der Waals surface area contributed by atoms with Gasteiger partial charge in [-0.05, 0) is 49.9 Å². The maximum absolute atomic E-state index is 3.49. The zero-order valence-electron chi connectivity index (χ0n) is 9.95.